The van der Waals surface area contributed by atoms with Crippen molar-refractivity contribution in [3.63, 3.8) is 0 Å². The number of amides is 2. The van der Waals surface area contributed by atoms with Gasteiger partial charge in [0.25, 0.3) is 5.91 Å². The van der Waals surface area contributed by atoms with E-state index in [9.17, 15) is 9.59 Å². The van der Waals surface area contributed by atoms with Gasteiger partial charge >= 0.3 is 0 Å². The maximum atomic E-state index is 12.3. The number of aryl methyl sites for hydroxylation is 1. The maximum Gasteiger partial charge on any atom is 0.251 e. The van der Waals surface area contributed by atoms with Gasteiger partial charge in [0.2, 0.25) is 5.91 Å². The smallest absolute Gasteiger partial charge is 0.251 e. The molecule has 1 aromatic carbocycles. The number of hydrogen-bond acceptors (Lipinski definition) is 3. The molecule has 2 rings (SSSR count). The molecule has 0 aromatic heterocycles. The first-order valence-electron chi connectivity index (χ1n) is 7.90. The fourth-order valence-corrected chi connectivity index (χ4v) is 2.60. The summed E-state index contributed by atoms with van der Waals surface area (Å²) in [6, 6.07) is 5.47. The Kier molecular flexibility index (Phi) is 5.55. The minimum absolute atomic E-state index is 0.0251. The highest BCUT2D eigenvalue weighted by atomic mass is 16.2. The lowest BCUT2D eigenvalue weighted by atomic mass is 9.98. The average Bonchev–Trinajstić information content (AvgIpc) is 2.49. The summed E-state index contributed by atoms with van der Waals surface area (Å²) in [5.74, 6) is -0.0146. The van der Waals surface area contributed by atoms with Crippen molar-refractivity contribution >= 4 is 17.5 Å². The molecule has 1 aliphatic heterocycles. The molecule has 0 bridgehead atoms. The number of carbonyl (C=O) groups excluding carboxylic acids is 2. The molecule has 0 aliphatic carbocycles. The molecule has 1 saturated heterocycles. The van der Waals surface area contributed by atoms with Crippen molar-refractivity contribution in [3.8, 4) is 0 Å². The number of carbonyl (C=O) groups is 2. The third-order valence-corrected chi connectivity index (χ3v) is 3.83. The number of hydrogen-bond donors (Lipinski definition) is 3. The summed E-state index contributed by atoms with van der Waals surface area (Å²) >= 11 is 0. The quantitative estimate of drug-likeness (QED) is 0.797. The van der Waals surface area contributed by atoms with Crippen LogP contribution in [0.4, 0.5) is 5.69 Å². The third kappa shape index (κ3) is 4.31. The Morgan fingerprint density at radius 2 is 2.09 bits per heavy atom. The van der Waals surface area contributed by atoms with E-state index in [1.165, 1.54) is 0 Å². The standard InChI is InChI=1S/C17H25N3O2/c1-11(2)19-16(21)13-6-7-15(12(3)9-13)20-17(22)14-5-4-8-18-10-14/h6-7,9,11,14,18H,4-5,8,10H2,1-3H3,(H,19,21)(H,20,22). The predicted octanol–water partition coefficient (Wildman–Crippen LogP) is 2.07. The van der Waals surface area contributed by atoms with E-state index in [1.54, 1.807) is 12.1 Å². The number of nitrogens with one attached hydrogen (secondary N) is 3. The number of anilines is 1. The number of rotatable bonds is 4. The second-order valence-corrected chi connectivity index (χ2v) is 6.19. The molecule has 3 N–H and O–H groups in total. The second kappa shape index (κ2) is 7.40. The highest BCUT2D eigenvalue weighted by Gasteiger charge is 2.21. The van der Waals surface area contributed by atoms with Gasteiger partial charge in [0.1, 0.15) is 0 Å². The second-order valence-electron chi connectivity index (χ2n) is 6.19. The summed E-state index contributed by atoms with van der Waals surface area (Å²) in [6.07, 6.45) is 1.96. The fourth-order valence-electron chi connectivity index (χ4n) is 2.60. The summed E-state index contributed by atoms with van der Waals surface area (Å²) in [7, 11) is 0. The van der Waals surface area contributed by atoms with Crippen molar-refractivity contribution in [1.82, 2.24) is 10.6 Å². The van der Waals surface area contributed by atoms with E-state index in [4.69, 9.17) is 0 Å². The molecule has 1 aliphatic rings. The van der Waals surface area contributed by atoms with Gasteiger partial charge in [0, 0.05) is 23.8 Å². The molecule has 1 unspecified atom stereocenters. The molecule has 5 nitrogen and oxygen atoms in total. The topological polar surface area (TPSA) is 70.2 Å². The van der Waals surface area contributed by atoms with Crippen molar-refractivity contribution in [3.05, 3.63) is 29.3 Å². The van der Waals surface area contributed by atoms with Gasteiger partial charge in [-0.2, -0.15) is 0 Å². The van der Waals surface area contributed by atoms with E-state index >= 15 is 0 Å². The normalized spacial score (nSPS) is 18.1. The van der Waals surface area contributed by atoms with E-state index in [2.05, 4.69) is 16.0 Å². The Hall–Kier alpha value is -1.88. The van der Waals surface area contributed by atoms with Crippen LogP contribution < -0.4 is 16.0 Å². The lowest BCUT2D eigenvalue weighted by molar-refractivity contribution is -0.120. The van der Waals surface area contributed by atoms with Gasteiger partial charge in [-0.1, -0.05) is 0 Å². The van der Waals surface area contributed by atoms with Gasteiger partial charge in [-0.15, -0.1) is 0 Å². The minimum atomic E-state index is -0.0903. The maximum absolute atomic E-state index is 12.3. The molecule has 1 aromatic rings. The molecule has 0 radical (unpaired) electrons. The molecule has 0 saturated carbocycles. The van der Waals surface area contributed by atoms with Gasteiger partial charge in [0.15, 0.2) is 0 Å². The van der Waals surface area contributed by atoms with Crippen LogP contribution in [0.5, 0.6) is 0 Å². The zero-order chi connectivity index (χ0) is 16.1. The van der Waals surface area contributed by atoms with Crippen LogP contribution in [0.25, 0.3) is 0 Å². The van der Waals surface area contributed by atoms with Gasteiger partial charge in [-0.3, -0.25) is 9.59 Å². The lowest BCUT2D eigenvalue weighted by Crippen LogP contribution is -2.37. The van der Waals surface area contributed by atoms with Crippen LogP contribution in [0.15, 0.2) is 18.2 Å². The highest BCUT2D eigenvalue weighted by Crippen LogP contribution is 2.19. The lowest BCUT2D eigenvalue weighted by Gasteiger charge is -2.22. The highest BCUT2D eigenvalue weighted by molar-refractivity contribution is 5.97. The monoisotopic (exact) mass is 303 g/mol. The molecular formula is C17H25N3O2. The van der Waals surface area contributed by atoms with Gasteiger partial charge < -0.3 is 16.0 Å². The van der Waals surface area contributed by atoms with Crippen LogP contribution in [0, 0.1) is 12.8 Å². The Labute approximate surface area is 131 Å². The Balaban J connectivity index is 2.03. The van der Waals surface area contributed by atoms with E-state index < -0.39 is 0 Å². The summed E-state index contributed by atoms with van der Waals surface area (Å²) in [6.45, 7) is 7.48. The summed E-state index contributed by atoms with van der Waals surface area (Å²) in [5, 5.41) is 9.08. The zero-order valence-electron chi connectivity index (χ0n) is 13.5. The molecule has 1 fully saturated rings. The largest absolute Gasteiger partial charge is 0.350 e. The summed E-state index contributed by atoms with van der Waals surface area (Å²) in [5.41, 5.74) is 2.29. The van der Waals surface area contributed by atoms with Gasteiger partial charge in [-0.05, 0) is 63.9 Å². The predicted molar refractivity (Wildman–Crippen MR) is 88.0 cm³/mol. The third-order valence-electron chi connectivity index (χ3n) is 3.83. The van der Waals surface area contributed by atoms with E-state index in [0.717, 1.165) is 37.2 Å². The van der Waals surface area contributed by atoms with Gasteiger partial charge in [0.05, 0.1) is 5.92 Å². The molecule has 0 spiro atoms. The van der Waals surface area contributed by atoms with Crippen molar-refractivity contribution in [1.29, 1.82) is 0 Å². The van der Waals surface area contributed by atoms with E-state index in [1.807, 2.05) is 26.8 Å². The fraction of sp³-hybridized carbons (Fsp3) is 0.529. The number of piperidine rings is 1. The summed E-state index contributed by atoms with van der Waals surface area (Å²) in [4.78, 5) is 24.2. The van der Waals surface area contributed by atoms with Crippen LogP contribution in [-0.4, -0.2) is 30.9 Å². The van der Waals surface area contributed by atoms with Crippen LogP contribution in [-0.2, 0) is 4.79 Å². The van der Waals surface area contributed by atoms with Crippen LogP contribution in [0.2, 0.25) is 0 Å². The zero-order valence-corrected chi connectivity index (χ0v) is 13.5. The molecule has 5 heteroatoms. The van der Waals surface area contributed by atoms with Gasteiger partial charge in [-0.25, -0.2) is 0 Å². The molecule has 22 heavy (non-hydrogen) atoms. The number of benzene rings is 1. The minimum Gasteiger partial charge on any atom is -0.350 e. The van der Waals surface area contributed by atoms with Crippen molar-refractivity contribution in [2.45, 2.75) is 39.7 Å². The Morgan fingerprint density at radius 1 is 1.32 bits per heavy atom. The molecule has 1 atom stereocenters. The first kappa shape index (κ1) is 16.5. The molecular weight excluding hydrogens is 278 g/mol. The van der Waals surface area contributed by atoms with Crippen LogP contribution in [0.3, 0.4) is 0 Å². The first-order valence-corrected chi connectivity index (χ1v) is 7.90. The van der Waals surface area contributed by atoms with E-state index in [0.29, 0.717) is 5.56 Å². The van der Waals surface area contributed by atoms with Crippen molar-refractivity contribution < 1.29 is 9.59 Å². The van der Waals surface area contributed by atoms with Crippen LogP contribution in [0.1, 0.15) is 42.6 Å². The SMILES string of the molecule is Cc1cc(C(=O)NC(C)C)ccc1NC(=O)C1CCCNC1. The Bertz CT molecular complexity index is 549. The van der Waals surface area contributed by atoms with Crippen molar-refractivity contribution in [2.75, 3.05) is 18.4 Å². The molecule has 1 heterocycles. The molecule has 2 amide bonds. The van der Waals surface area contributed by atoms with E-state index in [-0.39, 0.29) is 23.8 Å². The summed E-state index contributed by atoms with van der Waals surface area (Å²) < 4.78 is 0. The molecule has 120 valence electrons. The Morgan fingerprint density at radius 3 is 2.68 bits per heavy atom. The first-order chi connectivity index (χ1) is 10.5. The average molecular weight is 303 g/mol. The van der Waals surface area contributed by atoms with Crippen molar-refractivity contribution in [2.24, 2.45) is 5.92 Å². The van der Waals surface area contributed by atoms with Crippen LogP contribution >= 0.6 is 0 Å².